The number of hydrogen-bond acceptors (Lipinski definition) is 4. The summed E-state index contributed by atoms with van der Waals surface area (Å²) in [6.45, 7) is 2.31. The van der Waals surface area contributed by atoms with E-state index in [-0.39, 0.29) is 11.8 Å². The number of hydrogen-bond donors (Lipinski definition) is 1. The van der Waals surface area contributed by atoms with Crippen molar-refractivity contribution in [2.45, 2.75) is 19.4 Å². The molecule has 1 atom stereocenters. The Kier molecular flexibility index (Phi) is 4.78. The van der Waals surface area contributed by atoms with Crippen molar-refractivity contribution in [3.05, 3.63) is 71.2 Å². The molecule has 0 radical (unpaired) electrons. The maximum absolute atomic E-state index is 12.2. The smallest absolute Gasteiger partial charge is 0.227 e. The highest BCUT2D eigenvalue weighted by Crippen LogP contribution is 2.23. The van der Waals surface area contributed by atoms with Crippen LogP contribution in [0.4, 0.5) is 0 Å². The molecule has 3 rings (SSSR count). The summed E-state index contributed by atoms with van der Waals surface area (Å²) < 4.78 is 0. The van der Waals surface area contributed by atoms with Crippen LogP contribution in [0.3, 0.4) is 0 Å². The number of carbonyl (C=O) groups excluding carboxylic acids is 1. The zero-order valence-corrected chi connectivity index (χ0v) is 13.6. The topological polar surface area (TPSA) is 54.9 Å². The standard InChI is InChI=1S/C18H17N3OS/c1-13(14-8-4-2-5-9-14)17(22)19-12-16-20-21-18(23-16)15-10-6-3-7-11-15/h2-11,13H,12H2,1H3,(H,19,22)/t13-/m1/s1. The van der Waals surface area contributed by atoms with Crippen LogP contribution in [-0.4, -0.2) is 16.1 Å². The zero-order chi connectivity index (χ0) is 16.1. The van der Waals surface area contributed by atoms with E-state index in [1.54, 1.807) is 0 Å². The number of aromatic nitrogens is 2. The van der Waals surface area contributed by atoms with Crippen LogP contribution in [0.15, 0.2) is 60.7 Å². The third-order valence-corrected chi connectivity index (χ3v) is 4.57. The minimum Gasteiger partial charge on any atom is -0.349 e. The van der Waals surface area contributed by atoms with Gasteiger partial charge in [0.05, 0.1) is 12.5 Å². The lowest BCUT2D eigenvalue weighted by atomic mass is 10.0. The molecule has 1 aromatic heterocycles. The minimum absolute atomic E-state index is 0.00680. The molecule has 23 heavy (non-hydrogen) atoms. The Morgan fingerprint density at radius 2 is 1.70 bits per heavy atom. The molecule has 1 heterocycles. The van der Waals surface area contributed by atoms with Crippen molar-refractivity contribution in [1.82, 2.24) is 15.5 Å². The van der Waals surface area contributed by atoms with Crippen LogP contribution in [0.2, 0.25) is 0 Å². The minimum atomic E-state index is -0.183. The fraction of sp³-hybridized carbons (Fsp3) is 0.167. The molecule has 1 amide bonds. The van der Waals surface area contributed by atoms with E-state index in [4.69, 9.17) is 0 Å². The predicted molar refractivity (Wildman–Crippen MR) is 92.0 cm³/mol. The van der Waals surface area contributed by atoms with Crippen LogP contribution in [-0.2, 0) is 11.3 Å². The molecule has 0 aliphatic carbocycles. The van der Waals surface area contributed by atoms with Crippen LogP contribution in [0.5, 0.6) is 0 Å². The van der Waals surface area contributed by atoms with Gasteiger partial charge in [-0.15, -0.1) is 10.2 Å². The van der Waals surface area contributed by atoms with Gasteiger partial charge in [0.25, 0.3) is 0 Å². The molecular formula is C18H17N3OS. The van der Waals surface area contributed by atoms with Crippen LogP contribution in [0.25, 0.3) is 10.6 Å². The first-order valence-corrected chi connectivity index (χ1v) is 8.26. The second-order valence-corrected chi connectivity index (χ2v) is 6.28. The molecule has 0 fully saturated rings. The van der Waals surface area contributed by atoms with Gasteiger partial charge in [-0.3, -0.25) is 4.79 Å². The summed E-state index contributed by atoms with van der Waals surface area (Å²) in [4.78, 5) is 12.2. The van der Waals surface area contributed by atoms with Gasteiger partial charge in [-0.2, -0.15) is 0 Å². The average Bonchev–Trinajstić information content (AvgIpc) is 3.09. The maximum Gasteiger partial charge on any atom is 0.227 e. The largest absolute Gasteiger partial charge is 0.349 e. The predicted octanol–water partition coefficient (Wildman–Crippen LogP) is 3.63. The van der Waals surface area contributed by atoms with Crippen LogP contribution in [0.1, 0.15) is 23.4 Å². The summed E-state index contributed by atoms with van der Waals surface area (Å²) in [5.74, 6) is -0.189. The van der Waals surface area contributed by atoms with E-state index in [0.717, 1.165) is 21.1 Å². The Morgan fingerprint density at radius 1 is 1.04 bits per heavy atom. The third kappa shape index (κ3) is 3.81. The molecule has 0 unspecified atom stereocenters. The number of nitrogens with one attached hydrogen (secondary N) is 1. The average molecular weight is 323 g/mol. The highest BCUT2D eigenvalue weighted by atomic mass is 32.1. The Balaban J connectivity index is 1.61. The van der Waals surface area contributed by atoms with Gasteiger partial charge in [0.2, 0.25) is 5.91 Å². The van der Waals surface area contributed by atoms with Crippen molar-refractivity contribution in [3.8, 4) is 10.6 Å². The number of carbonyl (C=O) groups is 1. The van der Waals surface area contributed by atoms with Gasteiger partial charge in [0.15, 0.2) is 0 Å². The van der Waals surface area contributed by atoms with Gasteiger partial charge in [0, 0.05) is 5.56 Å². The highest BCUT2D eigenvalue weighted by Gasteiger charge is 2.15. The fourth-order valence-electron chi connectivity index (χ4n) is 2.23. The number of benzene rings is 2. The summed E-state index contributed by atoms with van der Waals surface area (Å²) in [6, 6.07) is 19.7. The lowest BCUT2D eigenvalue weighted by Crippen LogP contribution is -2.27. The molecule has 3 aromatic rings. The summed E-state index contributed by atoms with van der Waals surface area (Å²) >= 11 is 1.50. The van der Waals surface area contributed by atoms with E-state index in [1.165, 1.54) is 11.3 Å². The fourth-order valence-corrected chi connectivity index (χ4v) is 3.02. The Bertz CT molecular complexity index is 771. The molecule has 0 aliphatic heterocycles. The summed E-state index contributed by atoms with van der Waals surface area (Å²) in [5, 5.41) is 12.9. The second-order valence-electron chi connectivity index (χ2n) is 5.22. The van der Waals surface area contributed by atoms with Crippen molar-refractivity contribution in [2.24, 2.45) is 0 Å². The molecule has 2 aromatic carbocycles. The molecule has 5 heteroatoms. The van der Waals surface area contributed by atoms with Crippen LogP contribution in [0, 0.1) is 0 Å². The third-order valence-electron chi connectivity index (χ3n) is 3.59. The molecule has 4 nitrogen and oxygen atoms in total. The van der Waals surface area contributed by atoms with Crippen molar-refractivity contribution >= 4 is 17.2 Å². The highest BCUT2D eigenvalue weighted by molar-refractivity contribution is 7.14. The summed E-state index contributed by atoms with van der Waals surface area (Å²) in [6.07, 6.45) is 0. The monoisotopic (exact) mass is 323 g/mol. The molecular weight excluding hydrogens is 306 g/mol. The first kappa shape index (κ1) is 15.4. The van der Waals surface area contributed by atoms with Gasteiger partial charge >= 0.3 is 0 Å². The first-order chi connectivity index (χ1) is 11.2. The molecule has 1 N–H and O–H groups in total. The quantitative estimate of drug-likeness (QED) is 0.780. The molecule has 0 saturated carbocycles. The summed E-state index contributed by atoms with van der Waals surface area (Å²) in [7, 11) is 0. The molecule has 0 saturated heterocycles. The van der Waals surface area contributed by atoms with Crippen LogP contribution >= 0.6 is 11.3 Å². The zero-order valence-electron chi connectivity index (χ0n) is 12.8. The van der Waals surface area contributed by atoms with E-state index in [9.17, 15) is 4.79 Å². The van der Waals surface area contributed by atoms with Crippen molar-refractivity contribution in [1.29, 1.82) is 0 Å². The number of rotatable bonds is 5. The van der Waals surface area contributed by atoms with E-state index in [2.05, 4.69) is 15.5 Å². The van der Waals surface area contributed by atoms with Crippen LogP contribution < -0.4 is 5.32 Å². The number of nitrogens with zero attached hydrogens (tertiary/aromatic N) is 2. The van der Waals surface area contributed by atoms with Crippen molar-refractivity contribution in [2.75, 3.05) is 0 Å². The molecule has 116 valence electrons. The van der Waals surface area contributed by atoms with E-state index < -0.39 is 0 Å². The lowest BCUT2D eigenvalue weighted by Gasteiger charge is -2.11. The van der Waals surface area contributed by atoms with E-state index >= 15 is 0 Å². The van der Waals surface area contributed by atoms with Gasteiger partial charge in [0.1, 0.15) is 10.0 Å². The Hall–Kier alpha value is -2.53. The van der Waals surface area contributed by atoms with E-state index in [1.807, 2.05) is 67.6 Å². The van der Waals surface area contributed by atoms with E-state index in [0.29, 0.717) is 6.54 Å². The maximum atomic E-state index is 12.2. The molecule has 0 spiro atoms. The molecule has 0 aliphatic rings. The van der Waals surface area contributed by atoms with Gasteiger partial charge < -0.3 is 5.32 Å². The molecule has 0 bridgehead atoms. The van der Waals surface area contributed by atoms with Gasteiger partial charge in [-0.25, -0.2) is 0 Å². The van der Waals surface area contributed by atoms with Gasteiger partial charge in [-0.05, 0) is 12.5 Å². The normalized spacial score (nSPS) is 11.9. The summed E-state index contributed by atoms with van der Waals surface area (Å²) in [5.41, 5.74) is 2.05. The van der Waals surface area contributed by atoms with Gasteiger partial charge in [-0.1, -0.05) is 72.0 Å². The van der Waals surface area contributed by atoms with Crippen molar-refractivity contribution < 1.29 is 4.79 Å². The first-order valence-electron chi connectivity index (χ1n) is 7.44. The number of amides is 1. The van der Waals surface area contributed by atoms with Crippen molar-refractivity contribution in [3.63, 3.8) is 0 Å². The Labute approximate surface area is 139 Å². The lowest BCUT2D eigenvalue weighted by molar-refractivity contribution is -0.122. The Morgan fingerprint density at radius 3 is 2.39 bits per heavy atom. The second kappa shape index (κ2) is 7.15. The SMILES string of the molecule is C[C@@H](C(=O)NCc1nnc(-c2ccccc2)s1)c1ccccc1.